The Morgan fingerprint density at radius 3 is 2.45 bits per heavy atom. The van der Waals surface area contributed by atoms with E-state index in [9.17, 15) is 9.59 Å². The Morgan fingerprint density at radius 1 is 1.00 bits per heavy atom. The van der Waals surface area contributed by atoms with Crippen LogP contribution >= 0.6 is 11.6 Å². The Hall–Kier alpha value is -3.64. The molecule has 0 saturated heterocycles. The first-order chi connectivity index (χ1) is 14.0. The topological polar surface area (TPSA) is 73.2 Å². The summed E-state index contributed by atoms with van der Waals surface area (Å²) < 4.78 is 7.03. The zero-order chi connectivity index (χ0) is 20.4. The molecule has 0 aliphatic heterocycles. The van der Waals surface area contributed by atoms with Crippen molar-refractivity contribution in [3.05, 3.63) is 93.9 Å². The van der Waals surface area contributed by atoms with E-state index in [1.807, 2.05) is 30.3 Å². The molecule has 7 heteroatoms. The van der Waals surface area contributed by atoms with Crippen LogP contribution < -0.4 is 15.6 Å². The molecule has 0 saturated carbocycles. The zero-order valence-electron chi connectivity index (χ0n) is 15.4. The third-order valence-electron chi connectivity index (χ3n) is 4.33. The number of fused-ring (bicyclic) bond motifs is 1. The van der Waals surface area contributed by atoms with Gasteiger partial charge in [0.15, 0.2) is 11.4 Å². The molecule has 0 aliphatic rings. The molecular formula is C22H16ClN3O3. The Kier molecular flexibility index (Phi) is 5.01. The molecule has 3 aromatic carbocycles. The van der Waals surface area contributed by atoms with E-state index in [0.717, 1.165) is 4.68 Å². The van der Waals surface area contributed by atoms with Crippen LogP contribution in [0.3, 0.4) is 0 Å². The second-order valence-corrected chi connectivity index (χ2v) is 6.77. The molecule has 0 spiro atoms. The average molecular weight is 406 g/mol. The van der Waals surface area contributed by atoms with Gasteiger partial charge in [-0.15, -0.1) is 0 Å². The average Bonchev–Trinajstić information content (AvgIpc) is 2.73. The molecule has 4 aromatic rings. The smallest absolute Gasteiger partial charge is 0.276 e. The lowest BCUT2D eigenvalue weighted by molar-refractivity contribution is 0.102. The zero-order valence-corrected chi connectivity index (χ0v) is 16.2. The molecule has 1 heterocycles. The molecule has 6 nitrogen and oxygen atoms in total. The third kappa shape index (κ3) is 3.83. The van der Waals surface area contributed by atoms with E-state index in [1.54, 1.807) is 42.5 Å². The molecule has 29 heavy (non-hydrogen) atoms. The van der Waals surface area contributed by atoms with Gasteiger partial charge >= 0.3 is 0 Å². The number of hydrogen-bond acceptors (Lipinski definition) is 4. The molecule has 1 amide bonds. The van der Waals surface area contributed by atoms with Crippen molar-refractivity contribution in [1.29, 1.82) is 0 Å². The number of nitrogens with one attached hydrogen (secondary N) is 1. The maximum absolute atomic E-state index is 13.0. The van der Waals surface area contributed by atoms with Crippen LogP contribution in [0.1, 0.15) is 10.5 Å². The molecule has 1 N–H and O–H groups in total. The molecule has 0 radical (unpaired) electrons. The van der Waals surface area contributed by atoms with Crippen LogP contribution in [0.4, 0.5) is 5.69 Å². The minimum absolute atomic E-state index is 0.133. The number of rotatable bonds is 4. The Bertz CT molecular complexity index is 1270. The summed E-state index contributed by atoms with van der Waals surface area (Å²) in [6.45, 7) is 0. The van der Waals surface area contributed by atoms with Crippen molar-refractivity contribution in [3.8, 4) is 11.5 Å². The summed E-state index contributed by atoms with van der Waals surface area (Å²) in [4.78, 5) is 25.3. The number of para-hydroxylation sites is 1. The highest BCUT2D eigenvalue weighted by molar-refractivity contribution is 6.31. The van der Waals surface area contributed by atoms with Gasteiger partial charge < -0.3 is 10.1 Å². The molecule has 0 atom stereocenters. The largest absolute Gasteiger partial charge is 0.455 e. The second kappa shape index (κ2) is 7.77. The third-order valence-corrected chi connectivity index (χ3v) is 4.57. The Labute approximate surface area is 171 Å². The number of aryl methyl sites for hydroxylation is 1. The summed E-state index contributed by atoms with van der Waals surface area (Å²) in [5, 5.41) is 8.29. The van der Waals surface area contributed by atoms with Crippen LogP contribution in [0.2, 0.25) is 5.02 Å². The lowest BCUT2D eigenvalue weighted by Gasteiger charge is -2.13. The van der Waals surface area contributed by atoms with E-state index in [0.29, 0.717) is 33.0 Å². The summed E-state index contributed by atoms with van der Waals surface area (Å²) in [6.07, 6.45) is 0. The van der Waals surface area contributed by atoms with Crippen molar-refractivity contribution >= 4 is 34.0 Å². The number of anilines is 1. The first kappa shape index (κ1) is 18.7. The predicted molar refractivity (Wildman–Crippen MR) is 113 cm³/mol. The van der Waals surface area contributed by atoms with Crippen LogP contribution in [0.5, 0.6) is 11.5 Å². The summed E-state index contributed by atoms with van der Waals surface area (Å²) in [5.74, 6) is 0.580. The number of carbonyl (C=O) groups is 1. The minimum atomic E-state index is -0.475. The van der Waals surface area contributed by atoms with E-state index in [-0.39, 0.29) is 11.3 Å². The summed E-state index contributed by atoms with van der Waals surface area (Å²) in [7, 11) is 1.51. The lowest BCUT2D eigenvalue weighted by atomic mass is 10.1. The molecule has 0 aliphatic carbocycles. The van der Waals surface area contributed by atoms with Crippen molar-refractivity contribution in [1.82, 2.24) is 9.78 Å². The van der Waals surface area contributed by atoms with Gasteiger partial charge in [0.2, 0.25) is 0 Å². The highest BCUT2D eigenvalue weighted by Crippen LogP contribution is 2.32. The summed E-state index contributed by atoms with van der Waals surface area (Å²) in [6, 6.07) is 21.0. The van der Waals surface area contributed by atoms with Crippen LogP contribution in [0.15, 0.2) is 77.6 Å². The fraction of sp³-hybridized carbons (Fsp3) is 0.0455. The van der Waals surface area contributed by atoms with Crippen LogP contribution in [0.25, 0.3) is 10.8 Å². The normalized spacial score (nSPS) is 10.7. The second-order valence-electron chi connectivity index (χ2n) is 6.33. The number of hydrogen-bond donors (Lipinski definition) is 1. The Morgan fingerprint density at radius 2 is 1.69 bits per heavy atom. The van der Waals surface area contributed by atoms with Crippen molar-refractivity contribution in [3.63, 3.8) is 0 Å². The van der Waals surface area contributed by atoms with Gasteiger partial charge in [-0.1, -0.05) is 48.0 Å². The molecule has 0 fully saturated rings. The SMILES string of the molecule is Cn1nc(C(=O)Nc2cc(Cl)ccc2Oc2ccccc2)c2ccccc2c1=O. The van der Waals surface area contributed by atoms with Gasteiger partial charge in [-0.2, -0.15) is 5.10 Å². The first-order valence-corrected chi connectivity index (χ1v) is 9.20. The standard InChI is InChI=1S/C22H16ClN3O3/c1-26-22(28)17-10-6-5-9-16(17)20(25-26)21(27)24-18-13-14(23)11-12-19(18)29-15-7-3-2-4-8-15/h2-13H,1H3,(H,24,27). The van der Waals surface area contributed by atoms with Gasteiger partial charge in [0.05, 0.1) is 11.1 Å². The number of aromatic nitrogens is 2. The highest BCUT2D eigenvalue weighted by Gasteiger charge is 2.18. The van der Waals surface area contributed by atoms with Gasteiger partial charge in [0.25, 0.3) is 11.5 Å². The number of benzene rings is 3. The molecule has 4 rings (SSSR count). The van der Waals surface area contributed by atoms with Gasteiger partial charge in [0, 0.05) is 17.5 Å². The first-order valence-electron chi connectivity index (χ1n) is 8.83. The fourth-order valence-electron chi connectivity index (χ4n) is 2.95. The minimum Gasteiger partial charge on any atom is -0.455 e. The van der Waals surface area contributed by atoms with Crippen LogP contribution in [-0.4, -0.2) is 15.7 Å². The van der Waals surface area contributed by atoms with E-state index in [1.165, 1.54) is 7.05 Å². The van der Waals surface area contributed by atoms with Gasteiger partial charge in [-0.25, -0.2) is 4.68 Å². The van der Waals surface area contributed by atoms with Crippen molar-refractivity contribution < 1.29 is 9.53 Å². The fourth-order valence-corrected chi connectivity index (χ4v) is 3.13. The van der Waals surface area contributed by atoms with Crippen molar-refractivity contribution in [2.24, 2.45) is 7.05 Å². The molecule has 0 unspecified atom stereocenters. The van der Waals surface area contributed by atoms with E-state index in [4.69, 9.17) is 16.3 Å². The van der Waals surface area contributed by atoms with Crippen molar-refractivity contribution in [2.45, 2.75) is 0 Å². The predicted octanol–water partition coefficient (Wildman–Crippen LogP) is 4.63. The molecule has 0 bridgehead atoms. The number of carbonyl (C=O) groups excluding carboxylic acids is 1. The van der Waals surface area contributed by atoms with Crippen LogP contribution in [-0.2, 0) is 7.05 Å². The maximum atomic E-state index is 13.0. The molecule has 1 aromatic heterocycles. The monoisotopic (exact) mass is 405 g/mol. The number of ether oxygens (including phenoxy) is 1. The van der Waals surface area contributed by atoms with E-state index >= 15 is 0 Å². The summed E-state index contributed by atoms with van der Waals surface area (Å²) >= 11 is 6.12. The van der Waals surface area contributed by atoms with Crippen LogP contribution in [0, 0.1) is 0 Å². The van der Waals surface area contributed by atoms with Gasteiger partial charge in [-0.3, -0.25) is 9.59 Å². The van der Waals surface area contributed by atoms with E-state index in [2.05, 4.69) is 10.4 Å². The quantitative estimate of drug-likeness (QED) is 0.537. The number of amides is 1. The number of nitrogens with zero attached hydrogens (tertiary/aromatic N) is 2. The van der Waals surface area contributed by atoms with Crippen molar-refractivity contribution in [2.75, 3.05) is 5.32 Å². The molecular weight excluding hydrogens is 390 g/mol. The molecule has 144 valence electrons. The van der Waals surface area contributed by atoms with Gasteiger partial charge in [0.1, 0.15) is 5.75 Å². The summed E-state index contributed by atoms with van der Waals surface area (Å²) in [5.41, 5.74) is 0.257. The maximum Gasteiger partial charge on any atom is 0.276 e. The van der Waals surface area contributed by atoms with E-state index < -0.39 is 5.91 Å². The highest BCUT2D eigenvalue weighted by atomic mass is 35.5. The Balaban J connectivity index is 1.73. The number of halogens is 1. The lowest BCUT2D eigenvalue weighted by Crippen LogP contribution is -2.25. The van der Waals surface area contributed by atoms with Gasteiger partial charge in [-0.05, 0) is 36.4 Å².